The van der Waals surface area contributed by atoms with E-state index < -0.39 is 6.04 Å². The smallest absolute Gasteiger partial charge is 0.250 e. The van der Waals surface area contributed by atoms with Crippen LogP contribution in [0.4, 0.5) is 0 Å². The predicted octanol–water partition coefficient (Wildman–Crippen LogP) is 0.955. The highest BCUT2D eigenvalue weighted by Crippen LogP contribution is 2.35. The van der Waals surface area contributed by atoms with Crippen molar-refractivity contribution in [2.75, 3.05) is 13.1 Å². The second-order valence-corrected chi connectivity index (χ2v) is 7.36. The number of hydrogen-bond donors (Lipinski definition) is 1. The van der Waals surface area contributed by atoms with E-state index in [1.165, 1.54) is 6.92 Å². The van der Waals surface area contributed by atoms with Crippen LogP contribution in [0.25, 0.3) is 0 Å². The van der Waals surface area contributed by atoms with Crippen molar-refractivity contribution in [3.63, 3.8) is 0 Å². The fraction of sp³-hybridized carbons (Fsp3) is 0.611. The third-order valence-corrected chi connectivity index (χ3v) is 5.08. The highest BCUT2D eigenvalue weighted by atomic mass is 16.2. The molecule has 3 atom stereocenters. The van der Waals surface area contributed by atoms with Crippen molar-refractivity contribution in [1.29, 1.82) is 0 Å². The highest BCUT2D eigenvalue weighted by molar-refractivity contribution is 5.87. The van der Waals surface area contributed by atoms with Crippen molar-refractivity contribution in [2.24, 2.45) is 11.8 Å². The number of carbonyl (C=O) groups is 2. The lowest BCUT2D eigenvalue weighted by Crippen LogP contribution is -2.56. The van der Waals surface area contributed by atoms with Crippen molar-refractivity contribution < 1.29 is 9.59 Å². The molecule has 1 fully saturated rings. The molecule has 2 aliphatic heterocycles. The fourth-order valence-electron chi connectivity index (χ4n) is 4.01. The van der Waals surface area contributed by atoms with Gasteiger partial charge in [0.05, 0.1) is 0 Å². The highest BCUT2D eigenvalue weighted by Gasteiger charge is 2.38. The van der Waals surface area contributed by atoms with Crippen LogP contribution in [0.15, 0.2) is 23.0 Å². The Morgan fingerprint density at radius 3 is 2.62 bits per heavy atom. The molecule has 0 spiro atoms. The molecule has 1 aromatic rings. The fourth-order valence-corrected chi connectivity index (χ4v) is 4.01. The zero-order valence-corrected chi connectivity index (χ0v) is 14.5. The summed E-state index contributed by atoms with van der Waals surface area (Å²) in [5, 5.41) is 2.79. The van der Waals surface area contributed by atoms with Crippen LogP contribution in [0.2, 0.25) is 0 Å². The van der Waals surface area contributed by atoms with Crippen LogP contribution in [-0.2, 0) is 16.1 Å². The standard InChI is InChI=1S/C18H25N3O3/c1-11(2)17(19-12(3)22)18(24)20-8-13-7-14(10-20)15-5-4-6-16(23)21(15)9-13/h4-6,11,13-14,17H,7-10H2,1-3H3,(H,19,22)/t13-,14-,17?/m0/s1. The summed E-state index contributed by atoms with van der Waals surface area (Å²) in [6.45, 7) is 7.26. The van der Waals surface area contributed by atoms with E-state index in [2.05, 4.69) is 5.32 Å². The molecule has 0 aliphatic carbocycles. The Labute approximate surface area is 141 Å². The first-order valence-corrected chi connectivity index (χ1v) is 8.62. The van der Waals surface area contributed by atoms with Crippen LogP contribution in [0.1, 0.15) is 38.8 Å². The van der Waals surface area contributed by atoms with Crippen LogP contribution in [0.5, 0.6) is 0 Å². The molecule has 130 valence electrons. The maximum absolute atomic E-state index is 12.9. The van der Waals surface area contributed by atoms with E-state index >= 15 is 0 Å². The first-order valence-electron chi connectivity index (χ1n) is 8.62. The van der Waals surface area contributed by atoms with Gasteiger partial charge in [0.25, 0.3) is 5.56 Å². The van der Waals surface area contributed by atoms with Crippen LogP contribution >= 0.6 is 0 Å². The Morgan fingerprint density at radius 1 is 1.21 bits per heavy atom. The third-order valence-electron chi connectivity index (χ3n) is 5.08. The molecule has 2 amide bonds. The summed E-state index contributed by atoms with van der Waals surface area (Å²) in [5.74, 6) is 0.335. The minimum Gasteiger partial charge on any atom is -0.344 e. The quantitative estimate of drug-likeness (QED) is 0.896. The molecule has 1 unspecified atom stereocenters. The number of pyridine rings is 1. The number of hydrogen-bond acceptors (Lipinski definition) is 3. The molecular formula is C18H25N3O3. The Bertz CT molecular complexity index is 710. The SMILES string of the molecule is CC(=O)NC(C(=O)N1C[C@@H]2C[C@@H](C1)c1cccc(=O)n1C2)C(C)C. The maximum Gasteiger partial charge on any atom is 0.250 e. The van der Waals surface area contributed by atoms with Crippen molar-refractivity contribution in [3.8, 4) is 0 Å². The summed E-state index contributed by atoms with van der Waals surface area (Å²) >= 11 is 0. The van der Waals surface area contributed by atoms with Gasteiger partial charge in [0, 0.05) is 44.2 Å². The van der Waals surface area contributed by atoms with E-state index in [9.17, 15) is 14.4 Å². The van der Waals surface area contributed by atoms with Gasteiger partial charge < -0.3 is 14.8 Å². The van der Waals surface area contributed by atoms with Gasteiger partial charge in [-0.1, -0.05) is 19.9 Å². The van der Waals surface area contributed by atoms with E-state index in [0.717, 1.165) is 12.1 Å². The molecule has 1 saturated heterocycles. The molecule has 24 heavy (non-hydrogen) atoms. The Morgan fingerprint density at radius 2 is 1.96 bits per heavy atom. The summed E-state index contributed by atoms with van der Waals surface area (Å²) in [6, 6.07) is 4.89. The molecule has 1 N–H and O–H groups in total. The molecule has 2 aliphatic rings. The van der Waals surface area contributed by atoms with Crippen LogP contribution in [0.3, 0.4) is 0 Å². The molecule has 6 nitrogen and oxygen atoms in total. The van der Waals surface area contributed by atoms with Gasteiger partial charge >= 0.3 is 0 Å². The molecule has 3 heterocycles. The van der Waals surface area contributed by atoms with Gasteiger partial charge in [-0.25, -0.2) is 0 Å². The van der Waals surface area contributed by atoms with Crippen LogP contribution in [0, 0.1) is 11.8 Å². The molecule has 0 radical (unpaired) electrons. The second kappa shape index (κ2) is 6.42. The molecule has 1 aromatic heterocycles. The topological polar surface area (TPSA) is 71.4 Å². The van der Waals surface area contributed by atoms with Crippen LogP contribution < -0.4 is 10.9 Å². The maximum atomic E-state index is 12.9. The third kappa shape index (κ3) is 3.09. The van der Waals surface area contributed by atoms with Gasteiger partial charge in [0.2, 0.25) is 11.8 Å². The lowest BCUT2D eigenvalue weighted by molar-refractivity contribution is -0.139. The Kier molecular flexibility index (Phi) is 4.47. The summed E-state index contributed by atoms with van der Waals surface area (Å²) in [4.78, 5) is 38.3. The van der Waals surface area contributed by atoms with Crippen molar-refractivity contribution in [3.05, 3.63) is 34.2 Å². The first-order chi connectivity index (χ1) is 11.4. The largest absolute Gasteiger partial charge is 0.344 e. The molecule has 0 aromatic carbocycles. The number of piperidine rings is 1. The summed E-state index contributed by atoms with van der Waals surface area (Å²) < 4.78 is 1.86. The number of carbonyl (C=O) groups excluding carboxylic acids is 2. The Hall–Kier alpha value is -2.11. The zero-order chi connectivity index (χ0) is 17.4. The van der Waals surface area contributed by atoms with Crippen LogP contribution in [-0.4, -0.2) is 40.4 Å². The van der Waals surface area contributed by atoms with Gasteiger partial charge in [-0.15, -0.1) is 0 Å². The van der Waals surface area contributed by atoms with E-state index in [0.29, 0.717) is 25.6 Å². The Balaban J connectivity index is 1.82. The number of likely N-dealkylation sites (tertiary alicyclic amines) is 1. The van der Waals surface area contributed by atoms with Crippen molar-refractivity contribution in [1.82, 2.24) is 14.8 Å². The molecule has 2 bridgehead atoms. The second-order valence-electron chi connectivity index (χ2n) is 7.36. The molecular weight excluding hydrogens is 306 g/mol. The number of nitrogens with zero attached hydrogens (tertiary/aromatic N) is 2. The summed E-state index contributed by atoms with van der Waals surface area (Å²) in [7, 11) is 0. The number of aromatic nitrogens is 1. The van der Waals surface area contributed by atoms with Crippen molar-refractivity contribution >= 4 is 11.8 Å². The predicted molar refractivity (Wildman–Crippen MR) is 90.6 cm³/mol. The first kappa shape index (κ1) is 16.7. The van der Waals surface area contributed by atoms with Gasteiger partial charge in [0.15, 0.2) is 0 Å². The average molecular weight is 331 g/mol. The van der Waals surface area contributed by atoms with E-state index in [-0.39, 0.29) is 29.2 Å². The number of rotatable bonds is 3. The average Bonchev–Trinajstić information content (AvgIpc) is 2.52. The van der Waals surface area contributed by atoms with Gasteiger partial charge in [0.1, 0.15) is 6.04 Å². The number of amides is 2. The minimum atomic E-state index is -0.487. The van der Waals surface area contributed by atoms with Gasteiger partial charge in [-0.2, -0.15) is 0 Å². The lowest BCUT2D eigenvalue weighted by atomic mass is 9.82. The normalized spacial score (nSPS) is 23.6. The monoisotopic (exact) mass is 331 g/mol. The van der Waals surface area contributed by atoms with Gasteiger partial charge in [-0.3, -0.25) is 14.4 Å². The zero-order valence-electron chi connectivity index (χ0n) is 14.5. The van der Waals surface area contributed by atoms with E-state index in [1.54, 1.807) is 12.1 Å². The molecule has 6 heteroatoms. The number of nitrogens with one attached hydrogen (secondary N) is 1. The van der Waals surface area contributed by atoms with E-state index in [4.69, 9.17) is 0 Å². The summed E-state index contributed by atoms with van der Waals surface area (Å²) in [5.41, 5.74) is 1.07. The van der Waals surface area contributed by atoms with Gasteiger partial charge in [-0.05, 0) is 24.3 Å². The molecule has 3 rings (SSSR count). The number of fused-ring (bicyclic) bond motifs is 4. The van der Waals surface area contributed by atoms with E-state index in [1.807, 2.05) is 29.4 Å². The minimum absolute atomic E-state index is 0.0124. The lowest BCUT2D eigenvalue weighted by Gasteiger charge is -2.44. The van der Waals surface area contributed by atoms with Crippen molar-refractivity contribution in [2.45, 2.75) is 45.7 Å². The summed E-state index contributed by atoms with van der Waals surface area (Å²) in [6.07, 6.45) is 1.01. The molecule has 0 saturated carbocycles.